The Morgan fingerprint density at radius 2 is 2.00 bits per heavy atom. The van der Waals surface area contributed by atoms with Gasteiger partial charge in [-0.25, -0.2) is 9.59 Å². The number of anilines is 1. The number of carboxylic acid groups (broad SMARTS) is 1. The van der Waals surface area contributed by atoms with Gasteiger partial charge in [-0.3, -0.25) is 5.32 Å². The van der Waals surface area contributed by atoms with Crippen molar-refractivity contribution >= 4 is 17.7 Å². The normalized spacial score (nSPS) is 11.1. The number of phenols is 1. The number of nitrogens with zero attached hydrogens (tertiary/aromatic N) is 1. The first-order valence-electron chi connectivity index (χ1n) is 6.70. The van der Waals surface area contributed by atoms with Crippen molar-refractivity contribution < 1.29 is 29.1 Å². The summed E-state index contributed by atoms with van der Waals surface area (Å²) in [6.07, 6.45) is -0.762. The molecule has 8 heteroatoms. The third-order valence-electron chi connectivity index (χ3n) is 2.67. The van der Waals surface area contributed by atoms with Crippen LogP contribution in [-0.2, 0) is 4.74 Å². The standard InChI is InChI=1S/C15H16N2O6/c1-15(2,3)22-14(21)16-12-8(5-4-6-10(12)18)9-7-11(13(19)20)23-17-9/h4-7,18H,1-3H3,(H,16,21)(H,19,20). The molecule has 122 valence electrons. The molecule has 0 spiro atoms. The molecule has 0 fully saturated rings. The molecule has 1 amide bonds. The van der Waals surface area contributed by atoms with Crippen LogP contribution in [0.2, 0.25) is 0 Å². The number of aromatic nitrogens is 1. The van der Waals surface area contributed by atoms with Gasteiger partial charge in [0.05, 0.1) is 5.69 Å². The Labute approximate surface area is 131 Å². The van der Waals surface area contributed by atoms with Crippen molar-refractivity contribution in [3.8, 4) is 17.0 Å². The number of carbonyl (C=O) groups excluding carboxylic acids is 1. The van der Waals surface area contributed by atoms with E-state index in [1.165, 1.54) is 18.2 Å². The molecule has 8 nitrogen and oxygen atoms in total. The number of aromatic carboxylic acids is 1. The predicted octanol–water partition coefficient (Wildman–Crippen LogP) is 3.09. The molecule has 2 aromatic rings. The van der Waals surface area contributed by atoms with Gasteiger partial charge in [0.2, 0.25) is 5.76 Å². The lowest BCUT2D eigenvalue weighted by molar-refractivity contribution is 0.0630. The number of carboxylic acids is 1. The number of hydrogen-bond acceptors (Lipinski definition) is 6. The Balaban J connectivity index is 2.36. The first-order chi connectivity index (χ1) is 10.7. The van der Waals surface area contributed by atoms with E-state index in [1.54, 1.807) is 26.8 Å². The van der Waals surface area contributed by atoms with Crippen LogP contribution in [0.15, 0.2) is 28.8 Å². The number of rotatable bonds is 3. The maximum absolute atomic E-state index is 11.9. The lowest BCUT2D eigenvalue weighted by Crippen LogP contribution is -2.27. The number of para-hydroxylation sites is 1. The van der Waals surface area contributed by atoms with Crippen molar-refractivity contribution in [2.24, 2.45) is 0 Å². The fraction of sp³-hybridized carbons (Fsp3) is 0.267. The van der Waals surface area contributed by atoms with Gasteiger partial charge in [0, 0.05) is 11.6 Å². The lowest BCUT2D eigenvalue weighted by Gasteiger charge is -2.20. The van der Waals surface area contributed by atoms with Gasteiger partial charge >= 0.3 is 12.1 Å². The first-order valence-corrected chi connectivity index (χ1v) is 6.70. The van der Waals surface area contributed by atoms with Gasteiger partial charge in [0.25, 0.3) is 0 Å². The Morgan fingerprint density at radius 1 is 1.30 bits per heavy atom. The van der Waals surface area contributed by atoms with Gasteiger partial charge < -0.3 is 19.5 Å². The predicted molar refractivity (Wildman–Crippen MR) is 80.4 cm³/mol. The van der Waals surface area contributed by atoms with E-state index in [-0.39, 0.29) is 22.9 Å². The number of hydrogen-bond donors (Lipinski definition) is 3. The Morgan fingerprint density at radius 3 is 2.57 bits per heavy atom. The summed E-state index contributed by atoms with van der Waals surface area (Å²) in [5.74, 6) is -1.84. The van der Waals surface area contributed by atoms with Crippen molar-refractivity contribution in [2.75, 3.05) is 5.32 Å². The van der Waals surface area contributed by atoms with E-state index in [4.69, 9.17) is 9.84 Å². The zero-order valence-electron chi connectivity index (χ0n) is 12.8. The number of aromatic hydroxyl groups is 1. The number of nitrogens with one attached hydrogen (secondary N) is 1. The van der Waals surface area contributed by atoms with E-state index in [0.29, 0.717) is 5.56 Å². The van der Waals surface area contributed by atoms with Crippen molar-refractivity contribution in [3.05, 3.63) is 30.0 Å². The molecule has 0 unspecified atom stereocenters. The van der Waals surface area contributed by atoms with Gasteiger partial charge in [0.15, 0.2) is 0 Å². The highest BCUT2D eigenvalue weighted by Crippen LogP contribution is 2.35. The summed E-state index contributed by atoms with van der Waals surface area (Å²) in [4.78, 5) is 22.8. The van der Waals surface area contributed by atoms with E-state index in [0.717, 1.165) is 0 Å². The second-order valence-electron chi connectivity index (χ2n) is 5.71. The molecule has 0 atom stereocenters. The molecule has 0 aliphatic heterocycles. The molecule has 23 heavy (non-hydrogen) atoms. The molecule has 2 rings (SSSR count). The van der Waals surface area contributed by atoms with Gasteiger partial charge in [0.1, 0.15) is 17.0 Å². The molecule has 1 heterocycles. The summed E-state index contributed by atoms with van der Waals surface area (Å²) >= 11 is 0. The average molecular weight is 320 g/mol. The van der Waals surface area contributed by atoms with Crippen LogP contribution in [0.4, 0.5) is 10.5 Å². The van der Waals surface area contributed by atoms with Crippen LogP contribution >= 0.6 is 0 Å². The fourth-order valence-corrected chi connectivity index (χ4v) is 1.79. The smallest absolute Gasteiger partial charge is 0.412 e. The van der Waals surface area contributed by atoms with Crippen molar-refractivity contribution in [3.63, 3.8) is 0 Å². The maximum Gasteiger partial charge on any atom is 0.412 e. The molecular weight excluding hydrogens is 304 g/mol. The highest BCUT2D eigenvalue weighted by Gasteiger charge is 2.21. The quantitative estimate of drug-likeness (QED) is 0.743. The minimum Gasteiger partial charge on any atom is -0.506 e. The van der Waals surface area contributed by atoms with Crippen LogP contribution in [0.25, 0.3) is 11.3 Å². The van der Waals surface area contributed by atoms with E-state index in [9.17, 15) is 14.7 Å². The van der Waals surface area contributed by atoms with E-state index < -0.39 is 17.7 Å². The van der Waals surface area contributed by atoms with Crippen LogP contribution in [0, 0.1) is 0 Å². The van der Waals surface area contributed by atoms with E-state index in [1.807, 2.05) is 0 Å². The minimum absolute atomic E-state index is 0.0481. The molecule has 0 aliphatic carbocycles. The summed E-state index contributed by atoms with van der Waals surface area (Å²) in [5, 5.41) is 24.9. The number of amides is 1. The highest BCUT2D eigenvalue weighted by atomic mass is 16.6. The van der Waals surface area contributed by atoms with Crippen molar-refractivity contribution in [1.82, 2.24) is 5.16 Å². The van der Waals surface area contributed by atoms with Gasteiger partial charge in [-0.2, -0.15) is 0 Å². The number of benzene rings is 1. The van der Waals surface area contributed by atoms with Gasteiger partial charge in [-0.15, -0.1) is 0 Å². The maximum atomic E-state index is 11.9. The number of carbonyl (C=O) groups is 2. The average Bonchev–Trinajstić information content (AvgIpc) is 2.88. The largest absolute Gasteiger partial charge is 0.506 e. The van der Waals surface area contributed by atoms with Crippen LogP contribution < -0.4 is 5.32 Å². The summed E-state index contributed by atoms with van der Waals surface area (Å²) < 4.78 is 9.82. The SMILES string of the molecule is CC(C)(C)OC(=O)Nc1c(O)cccc1-c1cc(C(=O)O)on1. The van der Waals surface area contributed by atoms with Crippen molar-refractivity contribution in [2.45, 2.75) is 26.4 Å². The molecule has 1 aromatic carbocycles. The van der Waals surface area contributed by atoms with Crippen LogP contribution in [0.1, 0.15) is 31.3 Å². The second-order valence-corrected chi connectivity index (χ2v) is 5.71. The monoisotopic (exact) mass is 320 g/mol. The molecule has 0 radical (unpaired) electrons. The van der Waals surface area contributed by atoms with Gasteiger partial charge in [-0.05, 0) is 26.8 Å². The van der Waals surface area contributed by atoms with E-state index in [2.05, 4.69) is 15.0 Å². The summed E-state index contributed by atoms with van der Waals surface area (Å²) in [5.41, 5.74) is -0.206. The van der Waals surface area contributed by atoms with Gasteiger partial charge in [-0.1, -0.05) is 17.3 Å². The zero-order valence-corrected chi connectivity index (χ0v) is 12.8. The molecule has 3 N–H and O–H groups in total. The van der Waals surface area contributed by atoms with Crippen LogP contribution in [-0.4, -0.2) is 33.0 Å². The lowest BCUT2D eigenvalue weighted by atomic mass is 10.1. The number of ether oxygens (including phenoxy) is 1. The third-order valence-corrected chi connectivity index (χ3v) is 2.67. The molecular formula is C15H16N2O6. The zero-order chi connectivity index (χ0) is 17.2. The minimum atomic E-state index is -1.27. The van der Waals surface area contributed by atoms with Crippen LogP contribution in [0.3, 0.4) is 0 Å². The summed E-state index contributed by atoms with van der Waals surface area (Å²) in [7, 11) is 0. The molecule has 1 aromatic heterocycles. The molecule has 0 saturated carbocycles. The highest BCUT2D eigenvalue weighted by molar-refractivity contribution is 5.94. The summed E-state index contributed by atoms with van der Waals surface area (Å²) in [6, 6.07) is 5.64. The Bertz CT molecular complexity index is 745. The van der Waals surface area contributed by atoms with E-state index >= 15 is 0 Å². The number of phenolic OH excluding ortho intramolecular Hbond substituents is 1. The first kappa shape index (κ1) is 16.3. The molecule has 0 bridgehead atoms. The third kappa shape index (κ3) is 4.00. The second kappa shape index (κ2) is 5.99. The summed E-state index contributed by atoms with van der Waals surface area (Å²) in [6.45, 7) is 5.11. The Hall–Kier alpha value is -3.03. The van der Waals surface area contributed by atoms with Crippen LogP contribution in [0.5, 0.6) is 5.75 Å². The van der Waals surface area contributed by atoms with Crippen molar-refractivity contribution in [1.29, 1.82) is 0 Å². The molecule has 0 aliphatic rings. The fourth-order valence-electron chi connectivity index (χ4n) is 1.79. The topological polar surface area (TPSA) is 122 Å². The molecule has 0 saturated heterocycles. The Kier molecular flexibility index (Phi) is 4.26.